The number of aromatic carboxylic acids is 1. The van der Waals surface area contributed by atoms with Crippen molar-refractivity contribution in [2.45, 2.75) is 30.2 Å². The van der Waals surface area contributed by atoms with E-state index in [0.29, 0.717) is 0 Å². The van der Waals surface area contributed by atoms with Gasteiger partial charge >= 0.3 is 5.97 Å². The second-order valence-electron chi connectivity index (χ2n) is 4.12. The molecule has 0 amide bonds. The Hall–Kier alpha value is -0.920. The first-order chi connectivity index (χ1) is 7.32. The van der Waals surface area contributed by atoms with Crippen molar-refractivity contribution in [1.29, 1.82) is 0 Å². The van der Waals surface area contributed by atoms with Gasteiger partial charge < -0.3 is 5.11 Å². The maximum atomic E-state index is 11.8. The van der Waals surface area contributed by atoms with Gasteiger partial charge in [-0.3, -0.25) is 0 Å². The summed E-state index contributed by atoms with van der Waals surface area (Å²) in [4.78, 5) is 10.7. The first kappa shape index (κ1) is 11.6. The summed E-state index contributed by atoms with van der Waals surface area (Å²) in [5.74, 6) is -1.11. The maximum absolute atomic E-state index is 11.8. The molecule has 1 aromatic heterocycles. The van der Waals surface area contributed by atoms with E-state index in [1.54, 1.807) is 0 Å². The molecule has 1 fully saturated rings. The Morgan fingerprint density at radius 1 is 1.56 bits per heavy atom. The van der Waals surface area contributed by atoms with Gasteiger partial charge in [0.25, 0.3) is 0 Å². The molecule has 7 heteroatoms. The molecule has 1 saturated carbocycles. The van der Waals surface area contributed by atoms with Crippen LogP contribution in [0.5, 0.6) is 0 Å². The van der Waals surface area contributed by atoms with Crippen LogP contribution in [0.15, 0.2) is 16.3 Å². The largest absolute Gasteiger partial charge is 0.477 e. The maximum Gasteiger partial charge on any atom is 0.345 e. The molecule has 1 aromatic rings. The summed E-state index contributed by atoms with van der Waals surface area (Å²) in [6, 6.07) is 1.18. The Morgan fingerprint density at radius 2 is 2.19 bits per heavy atom. The topological polar surface area (TPSA) is 83.5 Å². The van der Waals surface area contributed by atoms with Crippen molar-refractivity contribution in [2.24, 2.45) is 0 Å². The van der Waals surface area contributed by atoms with Crippen molar-refractivity contribution < 1.29 is 18.3 Å². The monoisotopic (exact) mass is 261 g/mol. The first-order valence-electron chi connectivity index (χ1n) is 4.68. The highest BCUT2D eigenvalue weighted by Crippen LogP contribution is 2.36. The van der Waals surface area contributed by atoms with Gasteiger partial charge in [-0.25, -0.2) is 17.9 Å². The quantitative estimate of drug-likeness (QED) is 0.855. The molecule has 0 unspecified atom stereocenters. The van der Waals surface area contributed by atoms with Crippen LogP contribution in [0.2, 0.25) is 0 Å². The lowest BCUT2D eigenvalue weighted by Crippen LogP contribution is -2.33. The minimum absolute atomic E-state index is 0.0290. The molecule has 1 aliphatic carbocycles. The Morgan fingerprint density at radius 3 is 2.62 bits per heavy atom. The lowest BCUT2D eigenvalue weighted by Gasteiger charge is -2.10. The van der Waals surface area contributed by atoms with Crippen LogP contribution in [0.25, 0.3) is 0 Å². The van der Waals surface area contributed by atoms with Gasteiger partial charge in [-0.15, -0.1) is 11.3 Å². The molecule has 1 aliphatic rings. The molecule has 0 aliphatic heterocycles. The van der Waals surface area contributed by atoms with E-state index in [9.17, 15) is 13.2 Å². The summed E-state index contributed by atoms with van der Waals surface area (Å²) in [7, 11) is -3.57. The molecule has 0 atom stereocenters. The average molecular weight is 261 g/mol. The number of nitrogens with one attached hydrogen (secondary N) is 1. The van der Waals surface area contributed by atoms with Crippen LogP contribution < -0.4 is 4.72 Å². The molecule has 5 nitrogen and oxygen atoms in total. The smallest absolute Gasteiger partial charge is 0.345 e. The van der Waals surface area contributed by atoms with Crippen LogP contribution >= 0.6 is 11.3 Å². The summed E-state index contributed by atoms with van der Waals surface area (Å²) in [6.45, 7) is 1.83. The molecular formula is C9H11NO4S2. The molecule has 2 N–H and O–H groups in total. The summed E-state index contributed by atoms with van der Waals surface area (Å²) in [6.07, 6.45) is 1.64. The lowest BCUT2D eigenvalue weighted by molar-refractivity contribution is 0.0702. The van der Waals surface area contributed by atoms with Gasteiger partial charge in [-0.2, -0.15) is 0 Å². The molecule has 0 bridgehead atoms. The van der Waals surface area contributed by atoms with Crippen LogP contribution in [0.4, 0.5) is 0 Å². The van der Waals surface area contributed by atoms with Crippen molar-refractivity contribution in [3.8, 4) is 0 Å². The fourth-order valence-corrected chi connectivity index (χ4v) is 3.82. The second-order valence-corrected chi connectivity index (χ2v) is 6.71. The SMILES string of the molecule is CC1(NS(=O)(=O)c2csc(C(=O)O)c2)CC1. The normalized spacial score (nSPS) is 18.3. The highest BCUT2D eigenvalue weighted by Gasteiger charge is 2.41. The number of carbonyl (C=O) groups is 1. The molecule has 1 heterocycles. The third-order valence-electron chi connectivity index (χ3n) is 2.48. The predicted octanol–water partition coefficient (Wildman–Crippen LogP) is 1.28. The Bertz CT molecular complexity index is 527. The third-order valence-corrected chi connectivity index (χ3v) is 5.16. The summed E-state index contributed by atoms with van der Waals surface area (Å²) >= 11 is 0.912. The number of thiophene rings is 1. The molecule has 0 spiro atoms. The van der Waals surface area contributed by atoms with Gasteiger partial charge in [0.2, 0.25) is 10.0 Å². The number of hydrogen-bond donors (Lipinski definition) is 2. The average Bonchev–Trinajstić information content (AvgIpc) is 2.69. The zero-order valence-electron chi connectivity index (χ0n) is 8.56. The van der Waals surface area contributed by atoms with E-state index in [-0.39, 0.29) is 15.3 Å². The lowest BCUT2D eigenvalue weighted by atomic mass is 10.4. The van der Waals surface area contributed by atoms with Gasteiger partial charge in [0.15, 0.2) is 0 Å². The first-order valence-corrected chi connectivity index (χ1v) is 7.05. The van der Waals surface area contributed by atoms with Crippen molar-refractivity contribution in [2.75, 3.05) is 0 Å². The van der Waals surface area contributed by atoms with E-state index in [1.165, 1.54) is 11.4 Å². The molecule has 2 rings (SSSR count). The van der Waals surface area contributed by atoms with Crippen LogP contribution in [0, 0.1) is 0 Å². The Kier molecular flexibility index (Phi) is 2.56. The van der Waals surface area contributed by atoms with Crippen LogP contribution in [-0.2, 0) is 10.0 Å². The number of sulfonamides is 1. The fraction of sp³-hybridized carbons (Fsp3) is 0.444. The minimum Gasteiger partial charge on any atom is -0.477 e. The van der Waals surface area contributed by atoms with Gasteiger partial charge in [0.1, 0.15) is 4.88 Å². The van der Waals surface area contributed by atoms with E-state index in [0.717, 1.165) is 24.2 Å². The summed E-state index contributed by atoms with van der Waals surface area (Å²) < 4.78 is 26.2. The van der Waals surface area contributed by atoms with E-state index in [2.05, 4.69) is 4.72 Å². The van der Waals surface area contributed by atoms with Crippen LogP contribution in [-0.4, -0.2) is 25.0 Å². The second kappa shape index (κ2) is 3.54. The fourth-order valence-electron chi connectivity index (χ4n) is 1.24. The van der Waals surface area contributed by atoms with E-state index in [1.807, 2.05) is 6.92 Å². The Labute approximate surface area is 97.2 Å². The van der Waals surface area contributed by atoms with Gasteiger partial charge in [0.05, 0.1) is 4.90 Å². The van der Waals surface area contributed by atoms with Crippen LogP contribution in [0.3, 0.4) is 0 Å². The van der Waals surface area contributed by atoms with Crippen molar-refractivity contribution in [3.63, 3.8) is 0 Å². The molecule has 0 saturated heterocycles. The van der Waals surface area contributed by atoms with Gasteiger partial charge in [-0.1, -0.05) is 0 Å². The van der Waals surface area contributed by atoms with Crippen molar-refractivity contribution in [1.82, 2.24) is 4.72 Å². The zero-order valence-corrected chi connectivity index (χ0v) is 10.2. The number of rotatable bonds is 4. The minimum atomic E-state index is -3.57. The predicted molar refractivity (Wildman–Crippen MR) is 59.2 cm³/mol. The summed E-state index contributed by atoms with van der Waals surface area (Å²) in [5.41, 5.74) is -0.343. The highest BCUT2D eigenvalue weighted by atomic mass is 32.2. The van der Waals surface area contributed by atoms with Crippen molar-refractivity contribution in [3.05, 3.63) is 16.3 Å². The molecule has 0 radical (unpaired) electrons. The number of hydrogen-bond acceptors (Lipinski definition) is 4. The van der Waals surface area contributed by atoms with Crippen LogP contribution in [0.1, 0.15) is 29.4 Å². The molecule has 0 aromatic carbocycles. The van der Waals surface area contributed by atoms with E-state index < -0.39 is 16.0 Å². The highest BCUT2D eigenvalue weighted by molar-refractivity contribution is 7.89. The third kappa shape index (κ3) is 2.26. The summed E-state index contributed by atoms with van der Waals surface area (Å²) in [5, 5.41) is 10.0. The van der Waals surface area contributed by atoms with Gasteiger partial charge in [-0.05, 0) is 25.8 Å². The Balaban J connectivity index is 2.25. The molecule has 16 heavy (non-hydrogen) atoms. The van der Waals surface area contributed by atoms with E-state index in [4.69, 9.17) is 5.11 Å². The number of carboxylic acids is 1. The molecular weight excluding hydrogens is 250 g/mol. The number of carboxylic acid groups (broad SMARTS) is 1. The van der Waals surface area contributed by atoms with Gasteiger partial charge in [0, 0.05) is 10.9 Å². The molecule has 88 valence electrons. The van der Waals surface area contributed by atoms with Crippen molar-refractivity contribution >= 4 is 27.3 Å². The standard InChI is InChI=1S/C9H11NO4S2/c1-9(2-3-9)10-16(13,14)6-4-7(8(11)12)15-5-6/h4-5,10H,2-3H2,1H3,(H,11,12). The van der Waals surface area contributed by atoms with E-state index >= 15 is 0 Å². The zero-order chi connectivity index (χ0) is 12.0.